The molecule has 0 amide bonds. The van der Waals surface area contributed by atoms with E-state index in [0.29, 0.717) is 0 Å². The monoisotopic (exact) mass is 401 g/mol. The number of aryl methyl sites for hydroxylation is 1. The first kappa shape index (κ1) is 17.6. The van der Waals surface area contributed by atoms with E-state index in [1.165, 1.54) is 12.3 Å². The van der Waals surface area contributed by atoms with Crippen LogP contribution in [0.3, 0.4) is 0 Å². The van der Waals surface area contributed by atoms with Gasteiger partial charge in [-0.05, 0) is 12.1 Å². The first-order valence-electron chi connectivity index (χ1n) is 9.03. The summed E-state index contributed by atoms with van der Waals surface area (Å²) < 4.78 is 3.46. The minimum Gasteiger partial charge on any atom is -0.313 e. The van der Waals surface area contributed by atoms with E-state index in [0.717, 1.165) is 22.0 Å². The Bertz CT molecular complexity index is 1580. The number of nitrogens with zero attached hydrogens (tertiary/aromatic N) is 4. The van der Waals surface area contributed by atoms with Crippen molar-refractivity contribution in [2.45, 2.75) is 0 Å². The number of nitrogens with one attached hydrogen (secondary N) is 3. The van der Waals surface area contributed by atoms with Crippen LogP contribution >= 0.6 is 0 Å². The number of H-pyrrole nitrogens is 3. The third-order valence-corrected chi connectivity index (χ3v) is 4.87. The summed E-state index contributed by atoms with van der Waals surface area (Å²) in [5.41, 5.74) is 1.65. The summed E-state index contributed by atoms with van der Waals surface area (Å²) in [6, 6.07) is 9.20. The molecule has 0 unspecified atom stereocenters. The minimum atomic E-state index is -0.620. The van der Waals surface area contributed by atoms with Crippen LogP contribution in [0.15, 0.2) is 69.5 Å². The molecule has 0 aliphatic carbocycles. The van der Waals surface area contributed by atoms with Crippen LogP contribution in [0.5, 0.6) is 0 Å². The van der Waals surface area contributed by atoms with Crippen LogP contribution in [0.1, 0.15) is 0 Å². The van der Waals surface area contributed by atoms with E-state index < -0.39 is 16.8 Å². The predicted octanol–water partition coefficient (Wildman–Crippen LogP) is 1.16. The third-order valence-electron chi connectivity index (χ3n) is 4.87. The van der Waals surface area contributed by atoms with Crippen LogP contribution in [0.25, 0.3) is 39.0 Å². The van der Waals surface area contributed by atoms with E-state index in [2.05, 4.69) is 25.3 Å². The molecule has 0 radical (unpaired) electrons. The largest absolute Gasteiger partial charge is 0.325 e. The SMILES string of the molecule is Cn1cc(-c2cn(-c3cc(-c4c[nH]c(=O)[nH]c4=O)n[nH]c3=O)c3ccccc23)cn1. The Kier molecular flexibility index (Phi) is 3.85. The smallest absolute Gasteiger partial charge is 0.313 e. The van der Waals surface area contributed by atoms with Gasteiger partial charge < -0.3 is 9.55 Å². The van der Waals surface area contributed by atoms with E-state index in [9.17, 15) is 14.4 Å². The summed E-state index contributed by atoms with van der Waals surface area (Å²) in [4.78, 5) is 40.7. The minimum absolute atomic E-state index is 0.135. The summed E-state index contributed by atoms with van der Waals surface area (Å²) in [6.07, 6.45) is 6.77. The Morgan fingerprint density at radius 2 is 1.83 bits per heavy atom. The second-order valence-electron chi connectivity index (χ2n) is 6.79. The third kappa shape index (κ3) is 2.78. The van der Waals surface area contributed by atoms with Gasteiger partial charge in [0.25, 0.3) is 11.1 Å². The van der Waals surface area contributed by atoms with Crippen LogP contribution in [-0.4, -0.2) is 34.5 Å². The van der Waals surface area contributed by atoms with Crippen LogP contribution in [-0.2, 0) is 7.05 Å². The zero-order chi connectivity index (χ0) is 20.8. The van der Waals surface area contributed by atoms with Crippen molar-refractivity contribution in [1.82, 2.24) is 34.5 Å². The lowest BCUT2D eigenvalue weighted by Gasteiger charge is -2.06. The van der Waals surface area contributed by atoms with Gasteiger partial charge in [-0.15, -0.1) is 0 Å². The van der Waals surface area contributed by atoms with Crippen molar-refractivity contribution in [2.24, 2.45) is 7.05 Å². The van der Waals surface area contributed by atoms with E-state index >= 15 is 0 Å². The maximum atomic E-state index is 12.6. The Morgan fingerprint density at radius 3 is 2.60 bits per heavy atom. The normalized spacial score (nSPS) is 11.2. The number of aromatic amines is 3. The summed E-state index contributed by atoms with van der Waals surface area (Å²) >= 11 is 0. The highest BCUT2D eigenvalue weighted by atomic mass is 16.2. The number of hydrogen-bond donors (Lipinski definition) is 3. The van der Waals surface area contributed by atoms with Crippen molar-refractivity contribution >= 4 is 10.9 Å². The summed E-state index contributed by atoms with van der Waals surface area (Å²) in [5.74, 6) is 0. The van der Waals surface area contributed by atoms with Crippen molar-refractivity contribution in [2.75, 3.05) is 0 Å². The van der Waals surface area contributed by atoms with Crippen molar-refractivity contribution in [3.63, 3.8) is 0 Å². The topological polar surface area (TPSA) is 134 Å². The maximum absolute atomic E-state index is 12.6. The molecule has 0 atom stereocenters. The molecule has 10 heteroatoms. The lowest BCUT2D eigenvalue weighted by molar-refractivity contribution is 0.768. The van der Waals surface area contributed by atoms with Crippen LogP contribution in [0.4, 0.5) is 0 Å². The average Bonchev–Trinajstić information content (AvgIpc) is 3.32. The second kappa shape index (κ2) is 6.55. The molecule has 4 aromatic heterocycles. The molecule has 30 heavy (non-hydrogen) atoms. The van der Waals surface area contributed by atoms with Crippen LogP contribution < -0.4 is 16.8 Å². The van der Waals surface area contributed by atoms with Crippen LogP contribution in [0, 0.1) is 0 Å². The number of aromatic nitrogens is 7. The molecule has 1 aromatic carbocycles. The molecule has 0 spiro atoms. The summed E-state index contributed by atoms with van der Waals surface area (Å²) in [5, 5.41) is 11.6. The van der Waals surface area contributed by atoms with E-state index in [1.54, 1.807) is 15.4 Å². The van der Waals surface area contributed by atoms with Gasteiger partial charge in [0.2, 0.25) is 0 Å². The summed E-state index contributed by atoms with van der Waals surface area (Å²) in [7, 11) is 1.84. The van der Waals surface area contributed by atoms with Gasteiger partial charge in [0.05, 0.1) is 23.0 Å². The van der Waals surface area contributed by atoms with E-state index in [-0.39, 0.29) is 16.9 Å². The molecule has 148 valence electrons. The Morgan fingerprint density at radius 1 is 1.00 bits per heavy atom. The first-order valence-corrected chi connectivity index (χ1v) is 9.03. The number of benzene rings is 1. The highest BCUT2D eigenvalue weighted by Gasteiger charge is 2.16. The zero-order valence-corrected chi connectivity index (χ0v) is 15.7. The van der Waals surface area contributed by atoms with Gasteiger partial charge in [-0.25, -0.2) is 9.89 Å². The van der Waals surface area contributed by atoms with Crippen LogP contribution in [0.2, 0.25) is 0 Å². The number of fused-ring (bicyclic) bond motifs is 1. The Labute approximate surface area is 167 Å². The fraction of sp³-hybridized carbons (Fsp3) is 0.0500. The predicted molar refractivity (Wildman–Crippen MR) is 111 cm³/mol. The van der Waals surface area contributed by atoms with Gasteiger partial charge in [0, 0.05) is 42.2 Å². The number of hydrogen-bond acceptors (Lipinski definition) is 5. The van der Waals surface area contributed by atoms with Gasteiger partial charge in [0.1, 0.15) is 5.69 Å². The van der Waals surface area contributed by atoms with Gasteiger partial charge >= 0.3 is 5.69 Å². The summed E-state index contributed by atoms with van der Waals surface area (Å²) in [6.45, 7) is 0. The molecule has 0 saturated carbocycles. The Balaban J connectivity index is 1.76. The molecule has 0 saturated heterocycles. The number of para-hydroxylation sites is 1. The van der Waals surface area contributed by atoms with E-state index in [4.69, 9.17) is 0 Å². The molecule has 5 aromatic rings. The van der Waals surface area contributed by atoms with Crippen molar-refractivity contribution < 1.29 is 0 Å². The highest BCUT2D eigenvalue weighted by Crippen LogP contribution is 2.31. The molecule has 0 aliphatic rings. The molecule has 0 fully saturated rings. The molecule has 0 bridgehead atoms. The zero-order valence-electron chi connectivity index (χ0n) is 15.7. The van der Waals surface area contributed by atoms with Gasteiger partial charge in [0.15, 0.2) is 0 Å². The van der Waals surface area contributed by atoms with E-state index in [1.807, 2.05) is 43.7 Å². The molecule has 4 heterocycles. The van der Waals surface area contributed by atoms with Crippen molar-refractivity contribution in [3.8, 4) is 28.1 Å². The molecule has 3 N–H and O–H groups in total. The fourth-order valence-corrected chi connectivity index (χ4v) is 3.48. The average molecular weight is 401 g/mol. The molecular formula is C20H15N7O3. The Hall–Kier alpha value is -4.47. The lowest BCUT2D eigenvalue weighted by Crippen LogP contribution is -2.24. The highest BCUT2D eigenvalue weighted by molar-refractivity contribution is 5.96. The van der Waals surface area contributed by atoms with Gasteiger partial charge in [-0.2, -0.15) is 10.2 Å². The maximum Gasteiger partial charge on any atom is 0.325 e. The standard InChI is InChI=1S/C20H15N7O3/c1-26-9-11(7-22-26)14-10-27(16-5-3-2-4-12(14)16)17-6-15(24-25-19(17)29)13-8-21-20(30)23-18(13)28/h2-10H,1H3,(H,25,29)(H2,21,23,28,30). The van der Waals surface area contributed by atoms with Gasteiger partial charge in [-0.1, -0.05) is 18.2 Å². The quantitative estimate of drug-likeness (QED) is 0.417. The lowest BCUT2D eigenvalue weighted by atomic mass is 10.1. The van der Waals surface area contributed by atoms with Crippen molar-refractivity contribution in [1.29, 1.82) is 0 Å². The second-order valence-corrected chi connectivity index (χ2v) is 6.79. The molecule has 10 nitrogen and oxygen atoms in total. The first-order chi connectivity index (χ1) is 14.5. The molecule has 5 rings (SSSR count). The number of rotatable bonds is 3. The molecule has 0 aliphatic heterocycles. The van der Waals surface area contributed by atoms with Crippen molar-refractivity contribution in [3.05, 3.63) is 86.3 Å². The fourth-order valence-electron chi connectivity index (χ4n) is 3.48. The van der Waals surface area contributed by atoms with Gasteiger partial charge in [-0.3, -0.25) is 19.3 Å². The molecular weight excluding hydrogens is 386 g/mol.